The van der Waals surface area contributed by atoms with Gasteiger partial charge in [-0.2, -0.15) is 13.2 Å². The molecule has 9 heteroatoms. The summed E-state index contributed by atoms with van der Waals surface area (Å²) in [4.78, 5) is 15.3. The molecule has 0 aliphatic rings. The third-order valence-corrected chi connectivity index (χ3v) is 5.89. The van der Waals surface area contributed by atoms with Crippen molar-refractivity contribution in [3.05, 3.63) is 63.3 Å². The van der Waals surface area contributed by atoms with Crippen molar-refractivity contribution in [1.82, 2.24) is 9.71 Å². The number of halogens is 4. The molecule has 0 saturated heterocycles. The van der Waals surface area contributed by atoms with Crippen LogP contribution in [-0.4, -0.2) is 23.8 Å². The van der Waals surface area contributed by atoms with Gasteiger partial charge < -0.3 is 9.72 Å². The molecule has 0 aliphatic heterocycles. The normalized spacial score (nSPS) is 11.7. The van der Waals surface area contributed by atoms with E-state index in [9.17, 15) is 18.0 Å². The minimum Gasteiger partial charge on any atom is -0.494 e. The number of fused-ring (bicyclic) bond motifs is 1. The molecule has 4 nitrogen and oxygen atoms in total. The molecule has 1 aromatic heterocycles. The highest BCUT2D eigenvalue weighted by molar-refractivity contribution is 7.97. The number of rotatable bonds is 7. The van der Waals surface area contributed by atoms with Gasteiger partial charge in [0.25, 0.3) is 5.91 Å². The van der Waals surface area contributed by atoms with E-state index in [-0.39, 0.29) is 29.6 Å². The lowest BCUT2D eigenvalue weighted by Gasteiger charge is -2.12. The number of ether oxygens (including phenoxy) is 1. The Balaban J connectivity index is 1.87. The van der Waals surface area contributed by atoms with Crippen molar-refractivity contribution in [2.24, 2.45) is 0 Å². The van der Waals surface area contributed by atoms with E-state index in [2.05, 4.69) is 9.71 Å². The zero-order valence-electron chi connectivity index (χ0n) is 17.2. The molecular formula is C22H22ClF3N2O2S. The van der Waals surface area contributed by atoms with Gasteiger partial charge in [0.2, 0.25) is 0 Å². The van der Waals surface area contributed by atoms with E-state index in [0.29, 0.717) is 22.8 Å². The van der Waals surface area contributed by atoms with Crippen LogP contribution in [0.5, 0.6) is 5.75 Å². The molecule has 0 aliphatic carbocycles. The number of hydrogen-bond acceptors (Lipinski definition) is 3. The molecule has 3 aromatic rings. The molecule has 0 atom stereocenters. The molecule has 2 aromatic carbocycles. The second kappa shape index (κ2) is 9.44. The van der Waals surface area contributed by atoms with Gasteiger partial charge in [0, 0.05) is 22.2 Å². The molecule has 0 spiro atoms. The average Bonchev–Trinajstić information content (AvgIpc) is 3.07. The summed E-state index contributed by atoms with van der Waals surface area (Å²) in [5, 5.41) is 0.703. The molecule has 1 amide bonds. The number of aromatic amines is 1. The molecule has 0 unspecified atom stereocenters. The number of H-pyrrole nitrogens is 1. The van der Waals surface area contributed by atoms with Crippen molar-refractivity contribution in [2.45, 2.75) is 32.9 Å². The van der Waals surface area contributed by atoms with E-state index in [1.54, 1.807) is 12.3 Å². The quantitative estimate of drug-likeness (QED) is 0.307. The van der Waals surface area contributed by atoms with Crippen LogP contribution in [0.4, 0.5) is 13.2 Å². The van der Waals surface area contributed by atoms with Gasteiger partial charge in [-0.25, -0.2) is 0 Å². The van der Waals surface area contributed by atoms with Gasteiger partial charge in [-0.05, 0) is 67.6 Å². The second-order valence-corrected chi connectivity index (χ2v) is 8.15. The van der Waals surface area contributed by atoms with Gasteiger partial charge >= 0.3 is 6.18 Å². The predicted octanol–water partition coefficient (Wildman–Crippen LogP) is 6.48. The van der Waals surface area contributed by atoms with Gasteiger partial charge in [-0.3, -0.25) is 9.52 Å². The van der Waals surface area contributed by atoms with Crippen molar-refractivity contribution in [1.29, 1.82) is 0 Å². The van der Waals surface area contributed by atoms with Crippen molar-refractivity contribution < 1.29 is 22.7 Å². The highest BCUT2D eigenvalue weighted by Gasteiger charge is 2.34. The van der Waals surface area contributed by atoms with E-state index in [1.807, 2.05) is 26.0 Å². The number of carbonyl (C=O) groups is 1. The van der Waals surface area contributed by atoms with Crippen LogP contribution >= 0.6 is 23.5 Å². The third kappa shape index (κ3) is 5.13. The fourth-order valence-electron chi connectivity index (χ4n) is 3.57. The van der Waals surface area contributed by atoms with Crippen LogP contribution in [0.25, 0.3) is 10.9 Å². The summed E-state index contributed by atoms with van der Waals surface area (Å²) in [6, 6.07) is 7.54. The number of carbonyl (C=O) groups excluding carboxylic acids is 1. The van der Waals surface area contributed by atoms with E-state index < -0.39 is 17.6 Å². The maximum Gasteiger partial charge on any atom is 0.417 e. The number of amides is 1. The SMILES string of the molecule is CSNC(=O)c1[nH]c2cccc(C(F)(F)F)c2c1CCCOc1cc(C)c(Cl)c(C)c1. The Morgan fingerprint density at radius 1 is 1.23 bits per heavy atom. The molecule has 0 bridgehead atoms. The molecule has 31 heavy (non-hydrogen) atoms. The molecule has 3 rings (SSSR count). The molecule has 0 saturated carbocycles. The minimum atomic E-state index is -4.53. The molecule has 2 N–H and O–H groups in total. The fraction of sp³-hybridized carbons (Fsp3) is 0.318. The van der Waals surface area contributed by atoms with Gasteiger partial charge in [-0.1, -0.05) is 29.6 Å². The van der Waals surface area contributed by atoms with Crippen LogP contribution in [0.2, 0.25) is 5.02 Å². The van der Waals surface area contributed by atoms with Gasteiger partial charge in [0.15, 0.2) is 0 Å². The minimum absolute atomic E-state index is 0.0273. The summed E-state index contributed by atoms with van der Waals surface area (Å²) in [6.45, 7) is 4.04. The number of aromatic nitrogens is 1. The topological polar surface area (TPSA) is 54.1 Å². The first-order chi connectivity index (χ1) is 14.6. The number of alkyl halides is 3. The lowest BCUT2D eigenvalue weighted by Crippen LogP contribution is -2.17. The first-order valence-electron chi connectivity index (χ1n) is 9.57. The maximum atomic E-state index is 13.6. The highest BCUT2D eigenvalue weighted by Crippen LogP contribution is 2.38. The maximum absolute atomic E-state index is 13.6. The lowest BCUT2D eigenvalue weighted by molar-refractivity contribution is -0.136. The Morgan fingerprint density at radius 2 is 1.90 bits per heavy atom. The van der Waals surface area contributed by atoms with E-state index in [4.69, 9.17) is 16.3 Å². The molecule has 1 heterocycles. The average molecular weight is 471 g/mol. The Hall–Kier alpha value is -2.32. The van der Waals surface area contributed by atoms with Gasteiger partial charge in [0.05, 0.1) is 12.2 Å². The standard InChI is InChI=1S/C22H22ClF3N2O2S/c1-12-10-14(11-13(2)19(12)23)30-9-5-6-15-18-16(22(24,25)26)7-4-8-17(18)27-20(15)21(29)28-31-3/h4,7-8,10-11,27H,5-6,9H2,1-3H3,(H,28,29). The molecule has 166 valence electrons. The summed E-state index contributed by atoms with van der Waals surface area (Å²) in [5.41, 5.74) is 1.77. The van der Waals surface area contributed by atoms with Crippen LogP contribution in [0.3, 0.4) is 0 Å². The zero-order valence-corrected chi connectivity index (χ0v) is 18.8. The Morgan fingerprint density at radius 3 is 2.52 bits per heavy atom. The largest absolute Gasteiger partial charge is 0.494 e. The molecule has 0 radical (unpaired) electrons. The van der Waals surface area contributed by atoms with Crippen LogP contribution < -0.4 is 9.46 Å². The summed E-state index contributed by atoms with van der Waals surface area (Å²) in [6.07, 6.45) is -2.18. The first kappa shape index (κ1) is 23.3. The van der Waals surface area contributed by atoms with Crippen molar-refractivity contribution in [3.63, 3.8) is 0 Å². The van der Waals surface area contributed by atoms with Crippen LogP contribution in [0.15, 0.2) is 30.3 Å². The van der Waals surface area contributed by atoms with Crippen LogP contribution in [0, 0.1) is 13.8 Å². The first-order valence-corrected chi connectivity index (χ1v) is 11.2. The number of benzene rings is 2. The third-order valence-electron chi connectivity index (χ3n) is 4.90. The fourth-order valence-corrected chi connectivity index (χ4v) is 3.97. The van der Waals surface area contributed by atoms with E-state index >= 15 is 0 Å². The van der Waals surface area contributed by atoms with Crippen molar-refractivity contribution in [3.8, 4) is 5.75 Å². The van der Waals surface area contributed by atoms with Crippen molar-refractivity contribution >= 4 is 40.4 Å². The Labute approximate surface area is 187 Å². The van der Waals surface area contributed by atoms with E-state index in [1.165, 1.54) is 6.07 Å². The highest BCUT2D eigenvalue weighted by atomic mass is 35.5. The Kier molecular flexibility index (Phi) is 7.11. The summed E-state index contributed by atoms with van der Waals surface area (Å²) in [7, 11) is 0. The monoisotopic (exact) mass is 470 g/mol. The predicted molar refractivity (Wildman–Crippen MR) is 119 cm³/mol. The smallest absolute Gasteiger partial charge is 0.417 e. The molecular weight excluding hydrogens is 449 g/mol. The number of nitrogens with one attached hydrogen (secondary N) is 2. The van der Waals surface area contributed by atoms with Crippen molar-refractivity contribution in [2.75, 3.05) is 12.9 Å². The van der Waals surface area contributed by atoms with Gasteiger partial charge in [-0.15, -0.1) is 0 Å². The lowest BCUT2D eigenvalue weighted by atomic mass is 10.0. The summed E-state index contributed by atoms with van der Waals surface area (Å²) < 4.78 is 49.2. The van der Waals surface area contributed by atoms with Crippen LogP contribution in [-0.2, 0) is 12.6 Å². The Bertz CT molecular complexity index is 1090. The zero-order chi connectivity index (χ0) is 22.8. The summed E-state index contributed by atoms with van der Waals surface area (Å²) >= 11 is 7.25. The number of aryl methyl sites for hydroxylation is 3. The van der Waals surface area contributed by atoms with E-state index in [0.717, 1.165) is 29.1 Å². The van der Waals surface area contributed by atoms with Gasteiger partial charge in [0.1, 0.15) is 11.4 Å². The second-order valence-electron chi connectivity index (χ2n) is 7.16. The molecule has 0 fully saturated rings. The van der Waals surface area contributed by atoms with Crippen LogP contribution in [0.1, 0.15) is 39.2 Å². The summed E-state index contributed by atoms with van der Waals surface area (Å²) in [5.74, 6) is 0.186. The number of hydrogen-bond donors (Lipinski definition) is 2.